The number of benzene rings is 3. The van der Waals surface area contributed by atoms with Crippen molar-refractivity contribution in [3.05, 3.63) is 93.5 Å². The summed E-state index contributed by atoms with van der Waals surface area (Å²) in [6, 6.07) is 13.3. The Morgan fingerprint density at radius 1 is 1.03 bits per heavy atom. The van der Waals surface area contributed by atoms with E-state index in [0.717, 1.165) is 6.07 Å². The molecule has 0 saturated carbocycles. The summed E-state index contributed by atoms with van der Waals surface area (Å²) in [5, 5.41) is 2.07. The highest BCUT2D eigenvalue weighted by Crippen LogP contribution is 2.38. The van der Waals surface area contributed by atoms with Gasteiger partial charge in [0.1, 0.15) is 17.8 Å². The lowest BCUT2D eigenvalue weighted by Gasteiger charge is -2.21. The van der Waals surface area contributed by atoms with Gasteiger partial charge in [-0.05, 0) is 40.2 Å². The van der Waals surface area contributed by atoms with E-state index in [2.05, 4.69) is 21.2 Å². The number of rotatable bonds is 6. The summed E-state index contributed by atoms with van der Waals surface area (Å²) in [4.78, 5) is 51.8. The summed E-state index contributed by atoms with van der Waals surface area (Å²) in [5.41, 5.74) is 5.92. The van der Waals surface area contributed by atoms with E-state index in [1.54, 1.807) is 12.1 Å². The van der Waals surface area contributed by atoms with E-state index < -0.39 is 52.8 Å². The molecule has 3 aromatic carbocycles. The highest BCUT2D eigenvalue weighted by Gasteiger charge is 2.46. The molecule has 3 aromatic rings. The number of hydrogen-bond acceptors (Lipinski definition) is 6. The van der Waals surface area contributed by atoms with Crippen molar-refractivity contribution < 1.29 is 32.7 Å². The number of nitrogens with two attached hydrogens (primary N) is 1. The van der Waals surface area contributed by atoms with Crippen LogP contribution in [0, 0.1) is 17.6 Å². The monoisotopic (exact) mass is 528 g/mol. The molecule has 0 unspecified atom stereocenters. The highest BCUT2D eigenvalue weighted by atomic mass is 79.9. The predicted molar refractivity (Wildman–Crippen MR) is 121 cm³/mol. The zero-order valence-corrected chi connectivity index (χ0v) is 18.8. The van der Waals surface area contributed by atoms with Crippen LogP contribution in [-0.4, -0.2) is 23.4 Å². The van der Waals surface area contributed by atoms with E-state index in [0.29, 0.717) is 6.07 Å². The van der Waals surface area contributed by atoms with E-state index in [1.807, 2.05) is 0 Å². The molecular weight excluding hydrogens is 514 g/mol. The maximum absolute atomic E-state index is 14.2. The molecular formula is C24H15BrF2N2O5. The molecule has 0 spiro atoms. The van der Waals surface area contributed by atoms with Gasteiger partial charge in [0.05, 0.1) is 11.3 Å². The number of nitrogens with one attached hydrogen (secondary N) is 1. The van der Waals surface area contributed by atoms with Crippen LogP contribution in [-0.2, 0) is 14.3 Å². The van der Waals surface area contributed by atoms with Crippen LogP contribution in [0.3, 0.4) is 0 Å². The number of Topliss-reactive ketones (excluding diaryl/α,β-unsaturated/α-hetero) is 2. The number of amides is 1. The van der Waals surface area contributed by atoms with Gasteiger partial charge in [-0.2, -0.15) is 0 Å². The Balaban J connectivity index is 1.74. The lowest BCUT2D eigenvalue weighted by Crippen LogP contribution is -2.38. The molecule has 0 aliphatic carbocycles. The first-order valence-electron chi connectivity index (χ1n) is 9.86. The van der Waals surface area contributed by atoms with E-state index in [-0.39, 0.29) is 26.9 Å². The molecule has 0 aromatic heterocycles. The highest BCUT2D eigenvalue weighted by molar-refractivity contribution is 9.10. The molecule has 34 heavy (non-hydrogen) atoms. The molecule has 1 aliphatic rings. The van der Waals surface area contributed by atoms with Crippen molar-refractivity contribution in [1.82, 2.24) is 0 Å². The van der Waals surface area contributed by atoms with Crippen molar-refractivity contribution in [3.8, 4) is 0 Å². The number of carbonyl (C=O) groups is 4. The number of ketones is 2. The van der Waals surface area contributed by atoms with Crippen LogP contribution >= 0.6 is 15.9 Å². The largest absolute Gasteiger partial charge is 0.453 e. The Hall–Kier alpha value is -3.92. The van der Waals surface area contributed by atoms with Crippen LogP contribution in [0.1, 0.15) is 32.4 Å². The number of nitrogen functional groups attached to an aromatic ring is 1. The maximum atomic E-state index is 14.2. The summed E-state index contributed by atoms with van der Waals surface area (Å²) < 4.78 is 32.8. The molecule has 1 amide bonds. The first-order chi connectivity index (χ1) is 16.2. The minimum atomic E-state index is -1.78. The number of halogens is 3. The Morgan fingerprint density at radius 2 is 1.76 bits per heavy atom. The van der Waals surface area contributed by atoms with Crippen LogP contribution in [0.4, 0.5) is 20.2 Å². The van der Waals surface area contributed by atoms with Crippen molar-refractivity contribution in [2.45, 2.75) is 6.10 Å². The Bertz CT molecular complexity index is 1340. The van der Waals surface area contributed by atoms with Gasteiger partial charge in [0, 0.05) is 27.4 Å². The fourth-order valence-corrected chi connectivity index (χ4v) is 4.17. The SMILES string of the molecule is Nc1cccc(C(=O)[C@@H](C(=O)C(=O)Nc2c(F)cc(F)cc2Br)[C@H]2OC(=O)c3ccccc32)c1. The van der Waals surface area contributed by atoms with Gasteiger partial charge < -0.3 is 15.8 Å². The van der Waals surface area contributed by atoms with Crippen molar-refractivity contribution >= 4 is 50.7 Å². The maximum Gasteiger partial charge on any atom is 0.339 e. The van der Waals surface area contributed by atoms with E-state index in [4.69, 9.17) is 10.5 Å². The second kappa shape index (κ2) is 9.14. The van der Waals surface area contributed by atoms with Gasteiger partial charge in [0.2, 0.25) is 5.78 Å². The fourth-order valence-electron chi connectivity index (χ4n) is 3.66. The van der Waals surface area contributed by atoms with Gasteiger partial charge in [0.25, 0.3) is 5.91 Å². The average molecular weight is 529 g/mol. The Labute approximate surface area is 200 Å². The number of carbonyl (C=O) groups excluding carboxylic acids is 4. The Morgan fingerprint density at radius 3 is 2.47 bits per heavy atom. The minimum Gasteiger partial charge on any atom is -0.453 e. The molecule has 172 valence electrons. The molecule has 7 nitrogen and oxygen atoms in total. The normalized spacial score (nSPS) is 15.3. The molecule has 4 rings (SSSR count). The number of fused-ring (bicyclic) bond motifs is 1. The third-order valence-electron chi connectivity index (χ3n) is 5.23. The summed E-state index contributed by atoms with van der Waals surface area (Å²) in [6.07, 6.45) is -1.39. The summed E-state index contributed by atoms with van der Waals surface area (Å²) in [6.45, 7) is 0. The molecule has 2 atom stereocenters. The number of anilines is 2. The summed E-state index contributed by atoms with van der Waals surface area (Å²) in [7, 11) is 0. The lowest BCUT2D eigenvalue weighted by molar-refractivity contribution is -0.138. The van der Waals surface area contributed by atoms with Gasteiger partial charge in [-0.1, -0.05) is 30.3 Å². The van der Waals surface area contributed by atoms with E-state index in [1.165, 1.54) is 36.4 Å². The summed E-state index contributed by atoms with van der Waals surface area (Å²) >= 11 is 2.93. The molecule has 0 bridgehead atoms. The molecule has 0 radical (unpaired) electrons. The molecule has 3 N–H and O–H groups in total. The lowest BCUT2D eigenvalue weighted by atomic mass is 9.84. The van der Waals surface area contributed by atoms with Gasteiger partial charge in [-0.25, -0.2) is 13.6 Å². The molecule has 10 heteroatoms. The molecule has 1 heterocycles. The zero-order chi connectivity index (χ0) is 24.6. The average Bonchev–Trinajstić information content (AvgIpc) is 3.12. The number of hydrogen-bond donors (Lipinski definition) is 2. The van der Waals surface area contributed by atoms with Crippen LogP contribution in [0.15, 0.2) is 65.1 Å². The first-order valence-corrected chi connectivity index (χ1v) is 10.7. The fraction of sp³-hybridized carbons (Fsp3) is 0.0833. The van der Waals surface area contributed by atoms with Gasteiger partial charge >= 0.3 is 5.97 Å². The van der Waals surface area contributed by atoms with Gasteiger partial charge in [-0.3, -0.25) is 14.4 Å². The second-order valence-corrected chi connectivity index (χ2v) is 8.30. The van der Waals surface area contributed by atoms with Crippen LogP contribution in [0.25, 0.3) is 0 Å². The van der Waals surface area contributed by atoms with Gasteiger partial charge in [0.15, 0.2) is 11.6 Å². The molecule has 0 fully saturated rings. The first kappa shape index (κ1) is 23.2. The quantitative estimate of drug-likeness (QED) is 0.162. The molecule has 0 saturated heterocycles. The number of esters is 1. The van der Waals surface area contributed by atoms with Crippen molar-refractivity contribution in [3.63, 3.8) is 0 Å². The van der Waals surface area contributed by atoms with Crippen molar-refractivity contribution in [2.75, 3.05) is 11.1 Å². The minimum absolute atomic E-state index is 0.0146. The van der Waals surface area contributed by atoms with Crippen molar-refractivity contribution in [1.29, 1.82) is 0 Å². The van der Waals surface area contributed by atoms with Crippen LogP contribution < -0.4 is 11.1 Å². The third-order valence-corrected chi connectivity index (χ3v) is 5.85. The number of ether oxygens (including phenoxy) is 1. The second-order valence-electron chi connectivity index (χ2n) is 7.44. The van der Waals surface area contributed by atoms with Gasteiger partial charge in [-0.15, -0.1) is 0 Å². The number of cyclic esters (lactones) is 1. The van der Waals surface area contributed by atoms with Crippen LogP contribution in [0.2, 0.25) is 0 Å². The van der Waals surface area contributed by atoms with Crippen molar-refractivity contribution in [2.24, 2.45) is 5.92 Å². The standard InChI is InChI=1S/C24H15BrF2N2O5/c25-16-9-12(26)10-17(27)19(16)29-23(32)21(31)18(20(30)11-4-3-5-13(28)8-11)22-14-6-1-2-7-15(14)24(33)34-22/h1-10,18,22H,28H2,(H,29,32)/t18-,22-/m0/s1. The van der Waals surface area contributed by atoms with E-state index in [9.17, 15) is 28.0 Å². The smallest absolute Gasteiger partial charge is 0.339 e. The summed E-state index contributed by atoms with van der Waals surface area (Å²) in [5.74, 6) is -8.03. The predicted octanol–water partition coefficient (Wildman–Crippen LogP) is 4.23. The Kier molecular flexibility index (Phi) is 6.25. The topological polar surface area (TPSA) is 116 Å². The molecule has 1 aliphatic heterocycles. The zero-order valence-electron chi connectivity index (χ0n) is 17.2. The third kappa shape index (κ3) is 4.32. The van der Waals surface area contributed by atoms with E-state index >= 15 is 0 Å². The van der Waals surface area contributed by atoms with Crippen LogP contribution in [0.5, 0.6) is 0 Å².